The molecule has 0 amide bonds. The summed E-state index contributed by atoms with van der Waals surface area (Å²) < 4.78 is 2.69. The van der Waals surface area contributed by atoms with Gasteiger partial charge in [0.05, 0.1) is 0 Å². The van der Waals surface area contributed by atoms with Crippen LogP contribution in [0.5, 0.6) is 0 Å². The second kappa shape index (κ2) is 13.5. The van der Waals surface area contributed by atoms with Crippen LogP contribution < -0.4 is 0 Å². The quantitative estimate of drug-likeness (QED) is 0.123. The van der Waals surface area contributed by atoms with Gasteiger partial charge in [-0.05, 0) is 122 Å². The van der Waals surface area contributed by atoms with E-state index in [9.17, 15) is 0 Å². The molecule has 0 saturated carbocycles. The van der Waals surface area contributed by atoms with E-state index in [1.807, 2.05) is 11.3 Å². The molecule has 0 spiro atoms. The van der Waals surface area contributed by atoms with E-state index >= 15 is 0 Å². The van der Waals surface area contributed by atoms with Gasteiger partial charge in [0, 0.05) is 25.6 Å². The maximum absolute atomic E-state index is 2.45. The molecule has 1 heterocycles. The topological polar surface area (TPSA) is 0 Å². The van der Waals surface area contributed by atoms with Gasteiger partial charge in [0.25, 0.3) is 0 Å². The van der Waals surface area contributed by atoms with Crippen molar-refractivity contribution in [2.75, 3.05) is 0 Å². The van der Waals surface area contributed by atoms with Crippen molar-refractivity contribution in [2.45, 2.75) is 0 Å². The largest absolute Gasteiger partial charge is 0.134 e. The van der Waals surface area contributed by atoms with Crippen LogP contribution in [0.3, 0.4) is 0 Å². The molecule has 282 valence electrons. The summed E-state index contributed by atoms with van der Waals surface area (Å²) in [6, 6.07) is 81.1. The summed E-state index contributed by atoms with van der Waals surface area (Å²) in [6.07, 6.45) is 0. The summed E-state index contributed by atoms with van der Waals surface area (Å²) in [6.45, 7) is 0. The van der Waals surface area contributed by atoms with Gasteiger partial charge in [-0.1, -0.05) is 200 Å². The van der Waals surface area contributed by atoms with Crippen molar-refractivity contribution in [3.05, 3.63) is 218 Å². The van der Waals surface area contributed by atoms with E-state index in [1.165, 1.54) is 129 Å². The number of thiophene rings is 1. The lowest BCUT2D eigenvalue weighted by Crippen LogP contribution is -1.93. The predicted molar refractivity (Wildman–Crippen MR) is 266 cm³/mol. The lowest BCUT2D eigenvalue weighted by molar-refractivity contribution is 1.63. The molecule has 0 nitrogen and oxygen atoms in total. The molecule has 1 heteroatoms. The first-order valence-electron chi connectivity index (χ1n) is 21.1. The van der Waals surface area contributed by atoms with Crippen molar-refractivity contribution in [1.82, 2.24) is 0 Å². The number of hydrogen-bond donors (Lipinski definition) is 0. The Labute approximate surface area is 357 Å². The van der Waals surface area contributed by atoms with Crippen molar-refractivity contribution < 1.29 is 0 Å². The third kappa shape index (κ3) is 5.18. The van der Waals surface area contributed by atoms with Crippen molar-refractivity contribution in [1.29, 1.82) is 0 Å². The summed E-state index contributed by atoms with van der Waals surface area (Å²) in [5.74, 6) is 0. The van der Waals surface area contributed by atoms with Crippen LogP contribution >= 0.6 is 11.3 Å². The van der Waals surface area contributed by atoms with Crippen LogP contribution in [-0.2, 0) is 0 Å². The Balaban J connectivity index is 1.02. The fourth-order valence-electron chi connectivity index (χ4n) is 10.4. The summed E-state index contributed by atoms with van der Waals surface area (Å²) in [5, 5.41) is 18.1. The summed E-state index contributed by atoms with van der Waals surface area (Å²) in [7, 11) is 0. The van der Waals surface area contributed by atoms with Crippen LogP contribution in [0.2, 0.25) is 0 Å². The molecule has 0 N–H and O–H groups in total. The molecular weight excluding hydrogens is 753 g/mol. The minimum absolute atomic E-state index is 1.22. The maximum Gasteiger partial charge on any atom is 0.0440 e. The van der Waals surface area contributed by atoms with Crippen molar-refractivity contribution in [2.24, 2.45) is 0 Å². The molecule has 1 aromatic heterocycles. The van der Waals surface area contributed by atoms with Gasteiger partial charge in [0.2, 0.25) is 0 Å². The van der Waals surface area contributed by atoms with E-state index < -0.39 is 0 Å². The van der Waals surface area contributed by atoms with Crippen LogP contribution in [0.4, 0.5) is 0 Å². The van der Waals surface area contributed by atoms with Gasteiger partial charge in [-0.3, -0.25) is 0 Å². The maximum atomic E-state index is 2.45. The Morgan fingerprint density at radius 3 is 1.44 bits per heavy atom. The first-order chi connectivity index (χ1) is 30.3. The number of rotatable bonds is 4. The Bertz CT molecular complexity index is 3870. The van der Waals surface area contributed by atoms with Crippen LogP contribution in [0, 0.1) is 0 Å². The summed E-state index contributed by atoms with van der Waals surface area (Å²) in [4.78, 5) is 0. The highest BCUT2D eigenvalue weighted by molar-refractivity contribution is 7.27. The predicted octanol–water partition coefficient (Wildman–Crippen LogP) is 17.6. The lowest BCUT2D eigenvalue weighted by atomic mass is 9.83. The van der Waals surface area contributed by atoms with Crippen molar-refractivity contribution in [3.63, 3.8) is 0 Å². The van der Waals surface area contributed by atoms with E-state index in [2.05, 4.69) is 218 Å². The Hall–Kier alpha value is -7.58. The normalized spacial score (nSPS) is 11.9. The van der Waals surface area contributed by atoms with E-state index in [-0.39, 0.29) is 0 Å². The summed E-state index contributed by atoms with van der Waals surface area (Å²) >= 11 is 1.93. The van der Waals surface area contributed by atoms with E-state index in [0.717, 1.165) is 0 Å². The molecule has 0 aliphatic rings. The minimum atomic E-state index is 1.22. The molecule has 0 fully saturated rings. The Morgan fingerprint density at radius 1 is 0.246 bits per heavy atom. The van der Waals surface area contributed by atoms with Gasteiger partial charge >= 0.3 is 0 Å². The molecule has 12 aromatic carbocycles. The third-order valence-corrected chi connectivity index (χ3v) is 14.2. The van der Waals surface area contributed by atoms with E-state index in [4.69, 9.17) is 0 Å². The molecule has 0 bridgehead atoms. The molecular formula is C60H36S. The van der Waals surface area contributed by atoms with Gasteiger partial charge in [-0.25, -0.2) is 0 Å². The highest BCUT2D eigenvalue weighted by atomic mass is 32.1. The average Bonchev–Trinajstić information content (AvgIpc) is 3.71. The van der Waals surface area contributed by atoms with Gasteiger partial charge in [0.15, 0.2) is 0 Å². The first kappa shape index (κ1) is 34.3. The molecule has 0 unspecified atom stereocenters. The average molecular weight is 789 g/mol. The molecule has 0 radical (unpaired) electrons. The first-order valence-corrected chi connectivity index (χ1v) is 21.9. The zero-order valence-corrected chi connectivity index (χ0v) is 34.0. The Morgan fingerprint density at radius 2 is 0.738 bits per heavy atom. The number of benzene rings is 12. The van der Waals surface area contributed by atoms with Crippen molar-refractivity contribution >= 4 is 96.1 Å². The standard InChI is InChI=1S/C60H36S/c1-2-16-37(17-3-1)42-32-33-52(44-22-5-4-21-43(42)44)58-50-28-11-9-26-48(50)57(49-27-10-12-29-51(49)58)40-20-14-18-38(34-40)41-31-15-19-39-35-55-56(36-54(39)41)61-60-53-30-13-7-24-46(53)45-23-6-8-25-47(45)59(55)60/h1-36H. The van der Waals surface area contributed by atoms with Gasteiger partial charge in [-0.15, -0.1) is 11.3 Å². The SMILES string of the molecule is c1ccc(-c2ccc(-c3c4ccccc4c(-c4cccc(-c5cccc6cc7c(cc56)sc5c6ccccc6c6ccccc6c75)c4)c4ccccc34)c3ccccc23)cc1. The third-order valence-electron chi connectivity index (χ3n) is 13.0. The van der Waals surface area contributed by atoms with Gasteiger partial charge in [-0.2, -0.15) is 0 Å². The smallest absolute Gasteiger partial charge is 0.0440 e. The molecule has 13 aromatic rings. The van der Waals surface area contributed by atoms with Crippen LogP contribution in [0.15, 0.2) is 218 Å². The van der Waals surface area contributed by atoms with E-state index in [0.29, 0.717) is 0 Å². The number of fused-ring (bicyclic) bond motifs is 12. The number of hydrogen-bond acceptors (Lipinski definition) is 1. The zero-order valence-electron chi connectivity index (χ0n) is 33.2. The van der Waals surface area contributed by atoms with Crippen LogP contribution in [0.1, 0.15) is 0 Å². The van der Waals surface area contributed by atoms with Gasteiger partial charge in [0.1, 0.15) is 0 Å². The fraction of sp³-hybridized carbons (Fsp3) is 0. The molecule has 13 rings (SSSR count). The highest BCUT2D eigenvalue weighted by Crippen LogP contribution is 2.49. The van der Waals surface area contributed by atoms with E-state index in [1.54, 1.807) is 0 Å². The fourth-order valence-corrected chi connectivity index (χ4v) is 11.7. The zero-order chi connectivity index (χ0) is 40.0. The minimum Gasteiger partial charge on any atom is -0.134 e. The van der Waals surface area contributed by atoms with Crippen LogP contribution in [0.25, 0.3) is 129 Å². The van der Waals surface area contributed by atoms with Gasteiger partial charge < -0.3 is 0 Å². The van der Waals surface area contributed by atoms with Crippen LogP contribution in [-0.4, -0.2) is 0 Å². The second-order valence-corrected chi connectivity index (χ2v) is 17.3. The highest BCUT2D eigenvalue weighted by Gasteiger charge is 2.20. The molecule has 61 heavy (non-hydrogen) atoms. The summed E-state index contributed by atoms with van der Waals surface area (Å²) in [5.41, 5.74) is 9.99. The lowest BCUT2D eigenvalue weighted by Gasteiger charge is -2.20. The second-order valence-electron chi connectivity index (χ2n) is 16.3. The monoisotopic (exact) mass is 788 g/mol. The van der Waals surface area contributed by atoms with Crippen molar-refractivity contribution in [3.8, 4) is 44.5 Å². The Kier molecular flexibility index (Phi) is 7.58. The molecule has 0 aliphatic carbocycles. The molecule has 0 saturated heterocycles. The molecule has 0 atom stereocenters. The molecule has 0 aliphatic heterocycles.